The average molecular weight is 201 g/mol. The first-order valence-corrected chi connectivity index (χ1v) is 4.90. The first-order chi connectivity index (χ1) is 6.15. The largest absolute Gasteiger partial charge is 0.459 e. The maximum Gasteiger partial charge on any atom is 0.344 e. The highest BCUT2D eigenvalue weighted by Crippen LogP contribution is 2.03. The Hall–Kier alpha value is -1.10. The number of H-pyrrole nitrogens is 1. The lowest BCUT2D eigenvalue weighted by Gasteiger charge is -2.08. The number of hydrogen-bond acceptors (Lipinski definition) is 4. The van der Waals surface area contributed by atoms with E-state index in [2.05, 4.69) is 4.37 Å². The third kappa shape index (κ3) is 2.42. The summed E-state index contributed by atoms with van der Waals surface area (Å²) < 4.78 is 7.40. The Morgan fingerprint density at radius 1 is 1.77 bits per heavy atom. The fourth-order valence-electron chi connectivity index (χ4n) is 0.721. The number of carbonyl (C=O) groups is 1. The second-order valence-corrected chi connectivity index (χ2v) is 3.38. The van der Waals surface area contributed by atoms with Crippen LogP contribution >= 0.6 is 11.5 Å². The minimum Gasteiger partial charge on any atom is -0.459 e. The van der Waals surface area contributed by atoms with Crippen LogP contribution in [0.1, 0.15) is 30.6 Å². The topological polar surface area (TPSA) is 59.2 Å². The lowest BCUT2D eigenvalue weighted by atomic mass is 10.3. The zero-order valence-corrected chi connectivity index (χ0v) is 8.31. The van der Waals surface area contributed by atoms with Gasteiger partial charge in [-0.15, -0.1) is 0 Å². The number of hydrogen-bond donors (Lipinski definition) is 1. The Bertz CT molecular complexity index is 341. The van der Waals surface area contributed by atoms with Crippen molar-refractivity contribution in [3.05, 3.63) is 21.3 Å². The Morgan fingerprint density at radius 3 is 2.92 bits per heavy atom. The summed E-state index contributed by atoms with van der Waals surface area (Å²) in [6, 6.07) is 0. The highest BCUT2D eigenvalue weighted by atomic mass is 32.1. The van der Waals surface area contributed by atoms with Crippen molar-refractivity contribution in [3.63, 3.8) is 0 Å². The summed E-state index contributed by atoms with van der Waals surface area (Å²) in [5.74, 6) is -0.545. The molecule has 1 atom stereocenters. The predicted molar refractivity (Wildman–Crippen MR) is 50.1 cm³/mol. The molecule has 0 saturated carbocycles. The van der Waals surface area contributed by atoms with Gasteiger partial charge in [0.1, 0.15) is 5.56 Å². The predicted octanol–water partition coefficient (Wildman–Crippen LogP) is 1.39. The molecule has 0 aliphatic carbocycles. The molecule has 0 aliphatic heterocycles. The first-order valence-electron chi connectivity index (χ1n) is 4.02. The summed E-state index contributed by atoms with van der Waals surface area (Å²) in [5, 5.41) is 1.47. The van der Waals surface area contributed by atoms with Gasteiger partial charge in [-0.2, -0.15) is 0 Å². The van der Waals surface area contributed by atoms with Crippen LogP contribution in [0.25, 0.3) is 0 Å². The van der Waals surface area contributed by atoms with Crippen LogP contribution in [-0.2, 0) is 4.74 Å². The van der Waals surface area contributed by atoms with Crippen LogP contribution in [0.15, 0.2) is 10.2 Å². The molecule has 0 amide bonds. The number of nitrogens with one attached hydrogen (secondary N) is 1. The van der Waals surface area contributed by atoms with Crippen molar-refractivity contribution >= 4 is 17.5 Å². The Balaban J connectivity index is 2.70. The van der Waals surface area contributed by atoms with E-state index in [0.29, 0.717) is 0 Å². The van der Waals surface area contributed by atoms with Crippen LogP contribution in [0.5, 0.6) is 0 Å². The molecule has 1 aromatic heterocycles. The number of ether oxygens (including phenoxy) is 1. The minimum absolute atomic E-state index is 0.0882. The van der Waals surface area contributed by atoms with E-state index in [0.717, 1.165) is 18.0 Å². The molecule has 1 aromatic rings. The second-order valence-electron chi connectivity index (χ2n) is 2.70. The van der Waals surface area contributed by atoms with Gasteiger partial charge in [0, 0.05) is 5.38 Å². The molecule has 1 unspecified atom stereocenters. The third-order valence-electron chi connectivity index (χ3n) is 1.68. The molecule has 0 radical (unpaired) electrons. The molecule has 1 heterocycles. The van der Waals surface area contributed by atoms with E-state index in [1.54, 1.807) is 6.92 Å². The second kappa shape index (κ2) is 4.23. The molecular formula is C8H11NO3S. The van der Waals surface area contributed by atoms with Crippen molar-refractivity contribution in [3.8, 4) is 0 Å². The van der Waals surface area contributed by atoms with Crippen molar-refractivity contribution in [1.82, 2.24) is 4.37 Å². The van der Waals surface area contributed by atoms with Gasteiger partial charge in [-0.25, -0.2) is 4.79 Å². The van der Waals surface area contributed by atoms with Crippen molar-refractivity contribution in [1.29, 1.82) is 0 Å². The van der Waals surface area contributed by atoms with Crippen LogP contribution in [0.2, 0.25) is 0 Å². The van der Waals surface area contributed by atoms with Crippen molar-refractivity contribution in [2.45, 2.75) is 26.4 Å². The number of aromatic amines is 1. The third-order valence-corrected chi connectivity index (χ3v) is 2.33. The molecule has 0 aromatic carbocycles. The van der Waals surface area contributed by atoms with Crippen molar-refractivity contribution in [2.75, 3.05) is 0 Å². The highest BCUT2D eigenvalue weighted by molar-refractivity contribution is 7.03. The summed E-state index contributed by atoms with van der Waals surface area (Å²) in [7, 11) is 0. The van der Waals surface area contributed by atoms with Crippen LogP contribution < -0.4 is 5.56 Å². The molecule has 0 aliphatic rings. The molecule has 0 spiro atoms. The zero-order valence-electron chi connectivity index (χ0n) is 7.49. The van der Waals surface area contributed by atoms with Gasteiger partial charge in [0.05, 0.1) is 6.10 Å². The van der Waals surface area contributed by atoms with E-state index < -0.39 is 5.97 Å². The monoisotopic (exact) mass is 201 g/mol. The zero-order chi connectivity index (χ0) is 9.84. The molecule has 0 bridgehead atoms. The lowest BCUT2D eigenvalue weighted by Crippen LogP contribution is -2.19. The van der Waals surface area contributed by atoms with Gasteiger partial charge in [0.15, 0.2) is 0 Å². The van der Waals surface area contributed by atoms with Crippen molar-refractivity contribution < 1.29 is 9.53 Å². The Kier molecular flexibility index (Phi) is 3.25. The fraction of sp³-hybridized carbons (Fsp3) is 0.500. The fourth-order valence-corrected chi connectivity index (χ4v) is 1.32. The van der Waals surface area contributed by atoms with Gasteiger partial charge >= 0.3 is 5.97 Å². The van der Waals surface area contributed by atoms with Gasteiger partial charge in [-0.1, -0.05) is 18.5 Å². The lowest BCUT2D eigenvalue weighted by molar-refractivity contribution is 0.0333. The Morgan fingerprint density at radius 2 is 2.46 bits per heavy atom. The van der Waals surface area contributed by atoms with Gasteiger partial charge in [0.25, 0.3) is 5.56 Å². The molecule has 13 heavy (non-hydrogen) atoms. The summed E-state index contributed by atoms with van der Waals surface area (Å²) in [6.45, 7) is 3.70. The standard InChI is InChI=1S/C8H11NO3S/c1-3-5(2)12-8(11)6-4-13-9-7(6)10/h4-5H,3H2,1-2H3,(H,9,10). The van der Waals surface area contributed by atoms with Gasteiger partial charge in [-0.05, 0) is 13.3 Å². The average Bonchev–Trinajstić information content (AvgIpc) is 2.51. The Labute approximate surface area is 79.7 Å². The van der Waals surface area contributed by atoms with E-state index in [9.17, 15) is 9.59 Å². The van der Waals surface area contributed by atoms with Gasteiger partial charge in [0.2, 0.25) is 0 Å². The first kappa shape index (κ1) is 9.98. The molecule has 0 fully saturated rings. The maximum atomic E-state index is 11.3. The van der Waals surface area contributed by atoms with E-state index in [1.807, 2.05) is 6.92 Å². The summed E-state index contributed by atoms with van der Waals surface area (Å²) >= 11 is 1.09. The normalized spacial score (nSPS) is 12.5. The molecule has 5 heteroatoms. The number of rotatable bonds is 3. The van der Waals surface area contributed by atoms with E-state index in [-0.39, 0.29) is 17.2 Å². The summed E-state index contributed by atoms with van der Waals surface area (Å²) in [5.41, 5.74) is -0.288. The summed E-state index contributed by atoms with van der Waals surface area (Å²) in [6.07, 6.45) is 0.597. The van der Waals surface area contributed by atoms with Crippen LogP contribution in [-0.4, -0.2) is 16.4 Å². The molecular weight excluding hydrogens is 190 g/mol. The van der Waals surface area contributed by atoms with Crippen LogP contribution in [0.3, 0.4) is 0 Å². The van der Waals surface area contributed by atoms with Crippen LogP contribution in [0, 0.1) is 0 Å². The van der Waals surface area contributed by atoms with Gasteiger partial charge < -0.3 is 4.74 Å². The van der Waals surface area contributed by atoms with E-state index in [4.69, 9.17) is 4.74 Å². The molecule has 72 valence electrons. The number of carbonyl (C=O) groups excluding carboxylic acids is 1. The SMILES string of the molecule is CCC(C)OC(=O)c1cs[nH]c1=O. The van der Waals surface area contributed by atoms with Crippen molar-refractivity contribution in [2.24, 2.45) is 0 Å². The highest BCUT2D eigenvalue weighted by Gasteiger charge is 2.14. The molecule has 1 rings (SSSR count). The maximum absolute atomic E-state index is 11.3. The number of esters is 1. The molecule has 1 N–H and O–H groups in total. The molecule has 4 nitrogen and oxygen atoms in total. The quantitative estimate of drug-likeness (QED) is 0.752. The summed E-state index contributed by atoms with van der Waals surface area (Å²) in [4.78, 5) is 22.2. The number of aromatic nitrogens is 1. The minimum atomic E-state index is -0.545. The van der Waals surface area contributed by atoms with E-state index in [1.165, 1.54) is 5.38 Å². The van der Waals surface area contributed by atoms with E-state index >= 15 is 0 Å². The van der Waals surface area contributed by atoms with Crippen LogP contribution in [0.4, 0.5) is 0 Å². The smallest absolute Gasteiger partial charge is 0.344 e. The molecule has 0 saturated heterocycles. The van der Waals surface area contributed by atoms with Gasteiger partial charge in [-0.3, -0.25) is 9.17 Å².